The molecule has 0 saturated carbocycles. The van der Waals surface area contributed by atoms with E-state index in [4.69, 9.17) is 16.3 Å². The number of aromatic nitrogens is 1. The highest BCUT2D eigenvalue weighted by atomic mass is 35.5. The fourth-order valence-corrected chi connectivity index (χ4v) is 4.73. The van der Waals surface area contributed by atoms with Crippen molar-refractivity contribution in [3.05, 3.63) is 51.5 Å². The number of hydrogen-bond acceptors (Lipinski definition) is 8. The Balaban J connectivity index is 1.89. The van der Waals surface area contributed by atoms with Crippen LogP contribution in [0, 0.1) is 16.0 Å². The smallest absolute Gasteiger partial charge is 0.311 e. The molecule has 0 bridgehead atoms. The maximum absolute atomic E-state index is 13.0. The molecular formula is C20H23ClN4O6S. The number of rotatable bonds is 7. The highest BCUT2D eigenvalue weighted by Gasteiger charge is 2.31. The van der Waals surface area contributed by atoms with Crippen LogP contribution in [0.2, 0.25) is 5.02 Å². The Bertz CT molecular complexity index is 1100. The molecule has 2 aromatic rings. The van der Waals surface area contributed by atoms with Gasteiger partial charge in [-0.25, -0.2) is 13.4 Å². The first-order valence-electron chi connectivity index (χ1n) is 9.96. The zero-order valence-corrected chi connectivity index (χ0v) is 19.2. The normalized spacial score (nSPS) is 14.8. The minimum absolute atomic E-state index is 0.0151. The molecule has 0 aliphatic carbocycles. The van der Waals surface area contributed by atoms with E-state index in [1.165, 1.54) is 43.4 Å². The van der Waals surface area contributed by atoms with Crippen LogP contribution in [0.15, 0.2) is 41.3 Å². The molecule has 0 N–H and O–H groups in total. The molecule has 3 rings (SSSR count). The van der Waals surface area contributed by atoms with Crippen LogP contribution < -0.4 is 9.21 Å². The number of carbonyl (C=O) groups excluding carboxylic acids is 1. The van der Waals surface area contributed by atoms with Crippen molar-refractivity contribution < 1.29 is 22.9 Å². The van der Waals surface area contributed by atoms with E-state index in [1.807, 2.05) is 0 Å². The lowest BCUT2D eigenvalue weighted by Gasteiger charge is -2.31. The second kappa shape index (κ2) is 9.70. The molecule has 172 valence electrons. The van der Waals surface area contributed by atoms with Crippen molar-refractivity contribution >= 4 is 44.9 Å². The van der Waals surface area contributed by atoms with Gasteiger partial charge in [-0.1, -0.05) is 11.6 Å². The minimum Gasteiger partial charge on any atom is -0.466 e. The Morgan fingerprint density at radius 1 is 1.25 bits per heavy atom. The summed E-state index contributed by atoms with van der Waals surface area (Å²) in [6, 6.07) is 8.21. The van der Waals surface area contributed by atoms with Gasteiger partial charge in [0, 0.05) is 31.2 Å². The summed E-state index contributed by atoms with van der Waals surface area (Å²) >= 11 is 5.84. The topological polar surface area (TPSA) is 123 Å². The monoisotopic (exact) mass is 482 g/mol. The third-order valence-corrected chi connectivity index (χ3v) is 7.27. The molecule has 0 atom stereocenters. The number of nitro groups is 1. The molecule has 1 aliphatic heterocycles. The van der Waals surface area contributed by atoms with E-state index in [9.17, 15) is 23.3 Å². The molecule has 1 aromatic carbocycles. The van der Waals surface area contributed by atoms with Crippen LogP contribution in [0.25, 0.3) is 0 Å². The van der Waals surface area contributed by atoms with Crippen molar-refractivity contribution in [2.75, 3.05) is 35.9 Å². The fraction of sp³-hybridized carbons (Fsp3) is 0.400. The maximum Gasteiger partial charge on any atom is 0.311 e. The standard InChI is InChI=1S/C20H23ClN4O6S/c1-3-31-20(26)14-10-12-24(13-11-14)19-17(25(27)28)8-9-18(22-19)23(2)32(29,30)16-6-4-15(21)5-7-16/h4-9,14H,3,10-13H2,1-2H3. The van der Waals surface area contributed by atoms with Crippen LogP contribution in [0.1, 0.15) is 19.8 Å². The highest BCUT2D eigenvalue weighted by Crippen LogP contribution is 2.33. The predicted octanol–water partition coefficient (Wildman–Crippen LogP) is 3.25. The number of nitrogens with zero attached hydrogens (tertiary/aromatic N) is 4. The number of esters is 1. The zero-order valence-electron chi connectivity index (χ0n) is 17.6. The van der Waals surface area contributed by atoms with E-state index in [1.54, 1.807) is 11.8 Å². The van der Waals surface area contributed by atoms with E-state index in [0.29, 0.717) is 37.6 Å². The molecule has 0 amide bonds. The lowest BCUT2D eigenvalue weighted by Crippen LogP contribution is -2.38. The second-order valence-electron chi connectivity index (χ2n) is 7.21. The van der Waals surface area contributed by atoms with Crippen LogP contribution in [-0.4, -0.2) is 51.0 Å². The summed E-state index contributed by atoms with van der Waals surface area (Å²) in [5.74, 6) is -0.459. The lowest BCUT2D eigenvalue weighted by molar-refractivity contribution is -0.384. The number of sulfonamides is 1. The van der Waals surface area contributed by atoms with Gasteiger partial charge in [0.15, 0.2) is 0 Å². The summed E-state index contributed by atoms with van der Waals surface area (Å²) in [4.78, 5) is 29.0. The number of carbonyl (C=O) groups is 1. The van der Waals surface area contributed by atoms with Gasteiger partial charge in [0.2, 0.25) is 5.82 Å². The lowest BCUT2D eigenvalue weighted by atomic mass is 9.97. The van der Waals surface area contributed by atoms with Gasteiger partial charge in [0.05, 0.1) is 22.3 Å². The van der Waals surface area contributed by atoms with Gasteiger partial charge in [-0.3, -0.25) is 19.2 Å². The first-order valence-corrected chi connectivity index (χ1v) is 11.8. The van der Waals surface area contributed by atoms with Crippen molar-refractivity contribution in [2.24, 2.45) is 5.92 Å². The first-order chi connectivity index (χ1) is 15.1. The summed E-state index contributed by atoms with van der Waals surface area (Å²) in [7, 11) is -2.62. The van der Waals surface area contributed by atoms with E-state index in [-0.39, 0.29) is 34.1 Å². The summed E-state index contributed by atoms with van der Waals surface area (Å²) in [6.07, 6.45) is 0.918. The number of benzene rings is 1. The van der Waals surface area contributed by atoms with E-state index in [2.05, 4.69) is 4.98 Å². The third-order valence-electron chi connectivity index (χ3n) is 5.25. The SMILES string of the molecule is CCOC(=O)C1CCN(c2nc(N(C)S(=O)(=O)c3ccc(Cl)cc3)ccc2[N+](=O)[O-])CC1. The van der Waals surface area contributed by atoms with Gasteiger partial charge >= 0.3 is 11.7 Å². The molecule has 2 heterocycles. The molecule has 0 unspecified atom stereocenters. The molecule has 0 spiro atoms. The molecule has 10 nitrogen and oxygen atoms in total. The van der Waals surface area contributed by atoms with Crippen LogP contribution >= 0.6 is 11.6 Å². The third kappa shape index (κ3) is 4.94. The van der Waals surface area contributed by atoms with Crippen LogP contribution in [0.4, 0.5) is 17.3 Å². The Labute approximate surface area is 190 Å². The minimum atomic E-state index is -3.95. The molecule has 1 saturated heterocycles. The fourth-order valence-electron chi connectivity index (χ4n) is 3.46. The quantitative estimate of drug-likeness (QED) is 0.334. The van der Waals surface area contributed by atoms with Gasteiger partial charge in [0.1, 0.15) is 5.82 Å². The van der Waals surface area contributed by atoms with Crippen molar-refractivity contribution in [3.8, 4) is 0 Å². The summed E-state index contributed by atoms with van der Waals surface area (Å²) in [6.45, 7) is 2.74. The van der Waals surface area contributed by atoms with Gasteiger partial charge in [-0.2, -0.15) is 0 Å². The molecular weight excluding hydrogens is 460 g/mol. The first kappa shape index (κ1) is 23.7. The van der Waals surface area contributed by atoms with Crippen LogP contribution in [-0.2, 0) is 19.6 Å². The molecule has 1 fully saturated rings. The van der Waals surface area contributed by atoms with Crippen molar-refractivity contribution in [3.63, 3.8) is 0 Å². The van der Waals surface area contributed by atoms with Gasteiger partial charge < -0.3 is 9.64 Å². The number of halogens is 1. The average Bonchev–Trinajstić information content (AvgIpc) is 2.78. The largest absolute Gasteiger partial charge is 0.466 e. The van der Waals surface area contributed by atoms with Crippen molar-refractivity contribution in [1.29, 1.82) is 0 Å². The molecule has 12 heteroatoms. The van der Waals surface area contributed by atoms with E-state index < -0.39 is 14.9 Å². The van der Waals surface area contributed by atoms with Gasteiger partial charge in [-0.15, -0.1) is 0 Å². The average molecular weight is 483 g/mol. The summed E-state index contributed by atoms with van der Waals surface area (Å²) in [5.41, 5.74) is -0.236. The van der Waals surface area contributed by atoms with Gasteiger partial charge in [-0.05, 0) is 50.1 Å². The number of piperidine rings is 1. The Morgan fingerprint density at radius 3 is 2.44 bits per heavy atom. The summed E-state index contributed by atoms with van der Waals surface area (Å²) < 4.78 is 32.0. The highest BCUT2D eigenvalue weighted by molar-refractivity contribution is 7.92. The maximum atomic E-state index is 13.0. The second-order valence-corrected chi connectivity index (χ2v) is 9.61. The van der Waals surface area contributed by atoms with E-state index in [0.717, 1.165) is 4.31 Å². The van der Waals surface area contributed by atoms with E-state index >= 15 is 0 Å². The van der Waals surface area contributed by atoms with Crippen molar-refractivity contribution in [1.82, 2.24) is 4.98 Å². The number of hydrogen-bond donors (Lipinski definition) is 0. The number of ether oxygens (including phenoxy) is 1. The number of pyridine rings is 1. The number of anilines is 2. The van der Waals surface area contributed by atoms with Crippen molar-refractivity contribution in [2.45, 2.75) is 24.7 Å². The zero-order chi connectivity index (χ0) is 23.5. The van der Waals surface area contributed by atoms with Crippen LogP contribution in [0.3, 0.4) is 0 Å². The predicted molar refractivity (Wildman–Crippen MR) is 120 cm³/mol. The Morgan fingerprint density at radius 2 is 1.88 bits per heavy atom. The molecule has 1 aliphatic rings. The van der Waals surface area contributed by atoms with Gasteiger partial charge in [0.25, 0.3) is 10.0 Å². The molecule has 0 radical (unpaired) electrons. The molecule has 32 heavy (non-hydrogen) atoms. The Hall–Kier alpha value is -2.92. The molecule has 1 aromatic heterocycles. The van der Waals surface area contributed by atoms with Crippen LogP contribution in [0.5, 0.6) is 0 Å². The Kier molecular flexibility index (Phi) is 7.19. The summed E-state index contributed by atoms with van der Waals surface area (Å²) in [5, 5.41) is 12.0.